The first-order valence-corrected chi connectivity index (χ1v) is 11.1. The van der Waals surface area contributed by atoms with E-state index in [0.717, 1.165) is 37.4 Å². The SMILES string of the molecule is COc1cc(C)c(F)c(CCc2cnc(Nc3ccc(N4CCN(C)CC4)cc3)nc2)c1F. The number of halogens is 2. The lowest BCUT2D eigenvalue weighted by Crippen LogP contribution is -2.44. The van der Waals surface area contributed by atoms with E-state index in [1.54, 1.807) is 19.3 Å². The first-order valence-electron chi connectivity index (χ1n) is 11.1. The lowest BCUT2D eigenvalue weighted by Gasteiger charge is -2.34. The van der Waals surface area contributed by atoms with Gasteiger partial charge in [-0.25, -0.2) is 18.7 Å². The second-order valence-electron chi connectivity index (χ2n) is 8.38. The average molecular weight is 454 g/mol. The molecule has 0 atom stereocenters. The third-order valence-electron chi connectivity index (χ3n) is 6.02. The molecular weight excluding hydrogens is 424 g/mol. The second-order valence-corrected chi connectivity index (χ2v) is 8.38. The molecule has 2 heterocycles. The number of likely N-dealkylation sites (N-methyl/N-ethyl adjacent to an activating group) is 1. The molecule has 1 aliphatic heterocycles. The van der Waals surface area contributed by atoms with Crippen molar-refractivity contribution in [3.63, 3.8) is 0 Å². The van der Waals surface area contributed by atoms with Gasteiger partial charge in [-0.1, -0.05) is 0 Å². The van der Waals surface area contributed by atoms with Crippen LogP contribution in [0.15, 0.2) is 42.7 Å². The van der Waals surface area contributed by atoms with Crippen molar-refractivity contribution in [1.82, 2.24) is 14.9 Å². The molecule has 0 amide bonds. The number of piperazine rings is 1. The number of nitrogens with zero attached hydrogens (tertiary/aromatic N) is 4. The Kier molecular flexibility index (Phi) is 7.03. The van der Waals surface area contributed by atoms with Gasteiger partial charge in [-0.2, -0.15) is 0 Å². The molecule has 1 aromatic heterocycles. The summed E-state index contributed by atoms with van der Waals surface area (Å²) in [6.45, 7) is 5.78. The van der Waals surface area contributed by atoms with Crippen LogP contribution in [0.3, 0.4) is 0 Å². The van der Waals surface area contributed by atoms with Gasteiger partial charge in [-0.15, -0.1) is 0 Å². The summed E-state index contributed by atoms with van der Waals surface area (Å²) >= 11 is 0. The molecule has 8 heteroatoms. The van der Waals surface area contributed by atoms with Crippen molar-refractivity contribution in [2.45, 2.75) is 19.8 Å². The van der Waals surface area contributed by atoms with E-state index in [1.165, 1.54) is 18.9 Å². The lowest BCUT2D eigenvalue weighted by molar-refractivity contribution is 0.313. The van der Waals surface area contributed by atoms with E-state index in [9.17, 15) is 8.78 Å². The van der Waals surface area contributed by atoms with Gasteiger partial charge in [0.2, 0.25) is 5.95 Å². The average Bonchev–Trinajstić information content (AvgIpc) is 2.83. The van der Waals surface area contributed by atoms with Crippen molar-refractivity contribution in [1.29, 1.82) is 0 Å². The van der Waals surface area contributed by atoms with Gasteiger partial charge in [0.15, 0.2) is 11.6 Å². The van der Waals surface area contributed by atoms with Gasteiger partial charge >= 0.3 is 0 Å². The van der Waals surface area contributed by atoms with Gasteiger partial charge in [0, 0.05) is 55.5 Å². The van der Waals surface area contributed by atoms with Crippen LogP contribution in [0.2, 0.25) is 0 Å². The molecule has 0 radical (unpaired) electrons. The van der Waals surface area contributed by atoms with Crippen LogP contribution in [0.5, 0.6) is 5.75 Å². The van der Waals surface area contributed by atoms with E-state index in [-0.39, 0.29) is 17.7 Å². The summed E-state index contributed by atoms with van der Waals surface area (Å²) in [5, 5.41) is 3.20. The monoisotopic (exact) mass is 453 g/mol. The van der Waals surface area contributed by atoms with E-state index in [1.807, 2.05) is 12.1 Å². The molecule has 0 unspecified atom stereocenters. The van der Waals surface area contributed by atoms with Crippen LogP contribution in [0.25, 0.3) is 0 Å². The van der Waals surface area contributed by atoms with Gasteiger partial charge in [-0.3, -0.25) is 0 Å². The number of aromatic nitrogens is 2. The van der Waals surface area contributed by atoms with Crippen LogP contribution < -0.4 is 15.0 Å². The van der Waals surface area contributed by atoms with Crippen LogP contribution in [-0.2, 0) is 12.8 Å². The van der Waals surface area contributed by atoms with Gasteiger partial charge in [0.1, 0.15) is 5.82 Å². The molecule has 6 nitrogen and oxygen atoms in total. The molecular formula is C25H29F2N5O. The van der Waals surface area contributed by atoms with Crippen LogP contribution in [0.4, 0.5) is 26.1 Å². The number of ether oxygens (including phenoxy) is 1. The van der Waals surface area contributed by atoms with E-state index >= 15 is 0 Å². The molecule has 0 bridgehead atoms. The molecule has 0 aliphatic carbocycles. The van der Waals surface area contributed by atoms with Crippen LogP contribution >= 0.6 is 0 Å². The Labute approximate surface area is 193 Å². The third kappa shape index (κ3) is 5.39. The number of methoxy groups -OCH3 is 1. The highest BCUT2D eigenvalue weighted by Gasteiger charge is 2.17. The fraction of sp³-hybridized carbons (Fsp3) is 0.360. The lowest BCUT2D eigenvalue weighted by atomic mass is 10.0. The first-order chi connectivity index (χ1) is 15.9. The Morgan fingerprint density at radius 3 is 2.27 bits per heavy atom. The Morgan fingerprint density at radius 1 is 0.970 bits per heavy atom. The molecule has 1 fully saturated rings. The van der Waals surface area contributed by atoms with E-state index < -0.39 is 11.6 Å². The first kappa shape index (κ1) is 22.9. The molecule has 1 N–H and O–H groups in total. The minimum absolute atomic E-state index is 0.0227. The molecule has 2 aromatic carbocycles. The highest BCUT2D eigenvalue weighted by atomic mass is 19.1. The third-order valence-corrected chi connectivity index (χ3v) is 6.02. The molecule has 4 rings (SSSR count). The van der Waals surface area contributed by atoms with Crippen LogP contribution in [0, 0.1) is 18.6 Å². The summed E-state index contributed by atoms with van der Waals surface area (Å²) in [4.78, 5) is 13.4. The van der Waals surface area contributed by atoms with Gasteiger partial charge < -0.3 is 19.9 Å². The maximum Gasteiger partial charge on any atom is 0.227 e. The van der Waals surface area contributed by atoms with E-state index in [4.69, 9.17) is 4.74 Å². The molecule has 1 aliphatic rings. The van der Waals surface area contributed by atoms with Crippen molar-refractivity contribution >= 4 is 17.3 Å². The molecule has 0 saturated carbocycles. The zero-order valence-electron chi connectivity index (χ0n) is 19.2. The number of aryl methyl sites for hydroxylation is 2. The number of rotatable bonds is 7. The summed E-state index contributed by atoms with van der Waals surface area (Å²) < 4.78 is 33.9. The van der Waals surface area contributed by atoms with Crippen molar-refractivity contribution in [2.24, 2.45) is 0 Å². The number of anilines is 3. The van der Waals surface area contributed by atoms with Gasteiger partial charge in [0.25, 0.3) is 0 Å². The van der Waals surface area contributed by atoms with Crippen molar-refractivity contribution in [3.05, 3.63) is 71.1 Å². The number of nitrogens with one attached hydrogen (secondary N) is 1. The van der Waals surface area contributed by atoms with Crippen molar-refractivity contribution in [3.8, 4) is 5.75 Å². The second kappa shape index (κ2) is 10.1. The summed E-state index contributed by atoms with van der Waals surface area (Å²) in [5.41, 5.74) is 3.28. The fourth-order valence-corrected chi connectivity index (χ4v) is 3.94. The maximum atomic E-state index is 14.5. The summed E-state index contributed by atoms with van der Waals surface area (Å²) in [7, 11) is 3.52. The van der Waals surface area contributed by atoms with Gasteiger partial charge in [-0.05, 0) is 68.3 Å². The molecule has 174 valence electrons. The molecule has 33 heavy (non-hydrogen) atoms. The standard InChI is InChI=1S/C25H29F2N5O/c1-17-14-22(33-3)24(27)21(23(17)26)9-4-18-15-28-25(29-16-18)30-19-5-7-20(8-6-19)32-12-10-31(2)11-13-32/h5-8,14-16H,4,9-13H2,1-3H3,(H,28,29,30). The normalized spacial score (nSPS) is 14.4. The minimum atomic E-state index is -0.653. The largest absolute Gasteiger partial charge is 0.494 e. The fourth-order valence-electron chi connectivity index (χ4n) is 3.94. The van der Waals surface area contributed by atoms with Crippen molar-refractivity contribution < 1.29 is 13.5 Å². The summed E-state index contributed by atoms with van der Waals surface area (Å²) in [6.07, 6.45) is 3.97. The molecule has 3 aromatic rings. The van der Waals surface area contributed by atoms with E-state index in [0.29, 0.717) is 17.9 Å². The topological polar surface area (TPSA) is 53.5 Å². The smallest absolute Gasteiger partial charge is 0.227 e. The maximum absolute atomic E-state index is 14.5. The predicted molar refractivity (Wildman–Crippen MR) is 127 cm³/mol. The van der Waals surface area contributed by atoms with Crippen LogP contribution in [0.1, 0.15) is 16.7 Å². The Morgan fingerprint density at radius 2 is 1.64 bits per heavy atom. The quantitative estimate of drug-likeness (QED) is 0.574. The highest BCUT2D eigenvalue weighted by molar-refractivity contribution is 5.59. The Balaban J connectivity index is 1.36. The Bertz CT molecular complexity index is 1080. The Hall–Kier alpha value is -3.26. The molecule has 0 spiro atoms. The zero-order valence-corrected chi connectivity index (χ0v) is 19.2. The zero-order chi connectivity index (χ0) is 23.4. The van der Waals surface area contributed by atoms with Gasteiger partial charge in [0.05, 0.1) is 7.11 Å². The molecule has 1 saturated heterocycles. The number of hydrogen-bond donors (Lipinski definition) is 1. The number of hydrogen-bond acceptors (Lipinski definition) is 6. The predicted octanol–water partition coefficient (Wildman–Crippen LogP) is 4.35. The summed E-state index contributed by atoms with van der Waals surface area (Å²) in [6, 6.07) is 9.60. The van der Waals surface area contributed by atoms with Crippen LogP contribution in [-0.4, -0.2) is 55.2 Å². The number of benzene rings is 2. The van der Waals surface area contributed by atoms with Crippen molar-refractivity contribution in [2.75, 3.05) is 50.6 Å². The highest BCUT2D eigenvalue weighted by Crippen LogP contribution is 2.27. The minimum Gasteiger partial charge on any atom is -0.494 e. The summed E-state index contributed by atoms with van der Waals surface area (Å²) in [5.74, 6) is -0.661. The van der Waals surface area contributed by atoms with E-state index in [2.05, 4.69) is 44.3 Å².